The summed E-state index contributed by atoms with van der Waals surface area (Å²) in [4.78, 5) is 42.8. The number of rotatable bonds is 8. The highest BCUT2D eigenvalue weighted by Gasteiger charge is 2.13. The van der Waals surface area contributed by atoms with Crippen LogP contribution in [0, 0.1) is 0 Å². The number of carboxylic acids is 4. The van der Waals surface area contributed by atoms with Gasteiger partial charge in [-0.05, 0) is 49.3 Å². The van der Waals surface area contributed by atoms with E-state index in [1.165, 1.54) is 16.7 Å². The maximum absolute atomic E-state index is 9.10. The minimum absolute atomic E-state index is 0.367. The van der Waals surface area contributed by atoms with Crippen LogP contribution in [0.3, 0.4) is 0 Å². The molecule has 12 heteroatoms. The molecular formula is C26H32N4O8. The van der Waals surface area contributed by atoms with E-state index >= 15 is 0 Å². The maximum atomic E-state index is 9.10. The highest BCUT2D eigenvalue weighted by molar-refractivity contribution is 6.27. The fourth-order valence-electron chi connectivity index (χ4n) is 3.13. The van der Waals surface area contributed by atoms with E-state index in [1.54, 1.807) is 6.20 Å². The van der Waals surface area contributed by atoms with Crippen LogP contribution in [-0.4, -0.2) is 79.4 Å². The van der Waals surface area contributed by atoms with Crippen molar-refractivity contribution >= 4 is 23.9 Å². The molecule has 3 rings (SSSR count). The summed E-state index contributed by atoms with van der Waals surface area (Å²) in [5.41, 5.74) is 5.16. The van der Waals surface area contributed by atoms with E-state index in [2.05, 4.69) is 84.8 Å². The molecule has 12 nitrogen and oxygen atoms in total. The van der Waals surface area contributed by atoms with E-state index in [1.807, 2.05) is 17.1 Å². The summed E-state index contributed by atoms with van der Waals surface area (Å²) >= 11 is 0. The number of aryl methyl sites for hydroxylation is 1. The van der Waals surface area contributed by atoms with Gasteiger partial charge in [-0.25, -0.2) is 24.2 Å². The van der Waals surface area contributed by atoms with Crippen molar-refractivity contribution in [2.75, 3.05) is 20.6 Å². The van der Waals surface area contributed by atoms with Crippen molar-refractivity contribution in [3.63, 3.8) is 0 Å². The van der Waals surface area contributed by atoms with Gasteiger partial charge < -0.3 is 35.2 Å². The number of aliphatic carboxylic acids is 4. The first-order chi connectivity index (χ1) is 18.0. The summed E-state index contributed by atoms with van der Waals surface area (Å²) in [5, 5.41) is 33.2. The molecule has 0 amide bonds. The summed E-state index contributed by atoms with van der Waals surface area (Å²) in [6, 6.07) is 18.0. The molecule has 0 bridgehead atoms. The molecule has 0 fully saturated rings. The monoisotopic (exact) mass is 528 g/mol. The number of likely N-dealkylation sites (N-methyl/N-ethyl adjacent to an activating group) is 1. The number of imidazole rings is 1. The summed E-state index contributed by atoms with van der Waals surface area (Å²) in [7, 11) is 4.28. The van der Waals surface area contributed by atoms with Crippen LogP contribution in [0.15, 0.2) is 67.3 Å². The Morgan fingerprint density at radius 3 is 1.74 bits per heavy atom. The van der Waals surface area contributed by atoms with Gasteiger partial charge in [0.15, 0.2) is 0 Å². The SMILES string of the molecule is CCc1ccc(C(CNCc2ccc(-n3ccnc3)cc2)N(C)C)cc1.O=C(O)C(=O)O.O=C(O)C(=O)O. The summed E-state index contributed by atoms with van der Waals surface area (Å²) in [6.45, 7) is 3.97. The second kappa shape index (κ2) is 16.2. The van der Waals surface area contributed by atoms with E-state index in [9.17, 15) is 0 Å². The highest BCUT2D eigenvalue weighted by atomic mass is 16.4. The van der Waals surface area contributed by atoms with E-state index in [4.69, 9.17) is 39.6 Å². The molecule has 0 saturated heterocycles. The number of carboxylic acid groups (broad SMARTS) is 4. The topological polar surface area (TPSA) is 182 Å². The van der Waals surface area contributed by atoms with Gasteiger partial charge in [-0.1, -0.05) is 43.3 Å². The Labute approximate surface area is 219 Å². The van der Waals surface area contributed by atoms with Crippen LogP contribution in [0.1, 0.15) is 29.7 Å². The third kappa shape index (κ3) is 11.5. The number of hydrogen-bond acceptors (Lipinski definition) is 7. The van der Waals surface area contributed by atoms with Gasteiger partial charge >= 0.3 is 23.9 Å². The smallest absolute Gasteiger partial charge is 0.414 e. The molecule has 204 valence electrons. The van der Waals surface area contributed by atoms with Gasteiger partial charge in [0.1, 0.15) is 0 Å². The Morgan fingerprint density at radius 1 is 0.842 bits per heavy atom. The molecule has 5 N–H and O–H groups in total. The van der Waals surface area contributed by atoms with Crippen LogP contribution in [0.5, 0.6) is 0 Å². The number of carbonyl (C=O) groups is 4. The van der Waals surface area contributed by atoms with Crippen molar-refractivity contribution in [3.8, 4) is 5.69 Å². The van der Waals surface area contributed by atoms with Crippen LogP contribution >= 0.6 is 0 Å². The molecule has 0 aliphatic heterocycles. The van der Waals surface area contributed by atoms with Crippen LogP contribution in [-0.2, 0) is 32.1 Å². The van der Waals surface area contributed by atoms with Crippen molar-refractivity contribution in [1.29, 1.82) is 0 Å². The van der Waals surface area contributed by atoms with E-state index < -0.39 is 23.9 Å². The van der Waals surface area contributed by atoms with Gasteiger partial charge in [0, 0.05) is 37.2 Å². The molecule has 38 heavy (non-hydrogen) atoms. The van der Waals surface area contributed by atoms with Crippen LogP contribution in [0.25, 0.3) is 5.69 Å². The molecule has 2 aromatic carbocycles. The number of aromatic nitrogens is 2. The fourth-order valence-corrected chi connectivity index (χ4v) is 3.13. The Bertz CT molecular complexity index is 1110. The fraction of sp³-hybridized carbons (Fsp3) is 0.269. The molecule has 0 aliphatic carbocycles. The molecule has 3 aromatic rings. The maximum Gasteiger partial charge on any atom is 0.414 e. The highest BCUT2D eigenvalue weighted by Crippen LogP contribution is 2.18. The number of benzene rings is 2. The normalized spacial score (nSPS) is 10.8. The average Bonchev–Trinajstić information content (AvgIpc) is 3.43. The molecule has 0 spiro atoms. The molecule has 0 aliphatic rings. The van der Waals surface area contributed by atoms with Gasteiger partial charge in [-0.2, -0.15) is 0 Å². The first-order valence-electron chi connectivity index (χ1n) is 11.4. The van der Waals surface area contributed by atoms with Crippen molar-refractivity contribution in [1.82, 2.24) is 19.8 Å². The van der Waals surface area contributed by atoms with Crippen molar-refractivity contribution < 1.29 is 39.6 Å². The first-order valence-corrected chi connectivity index (χ1v) is 11.4. The van der Waals surface area contributed by atoms with Gasteiger partial charge in [-0.3, -0.25) is 0 Å². The first kappa shape index (κ1) is 31.5. The Morgan fingerprint density at radius 2 is 1.34 bits per heavy atom. The number of nitrogens with zero attached hydrogens (tertiary/aromatic N) is 3. The molecule has 0 radical (unpaired) electrons. The van der Waals surface area contributed by atoms with Crippen LogP contribution in [0.4, 0.5) is 0 Å². The minimum atomic E-state index is -1.82. The third-order valence-electron chi connectivity index (χ3n) is 5.17. The summed E-state index contributed by atoms with van der Waals surface area (Å²) in [6.07, 6.45) is 6.65. The summed E-state index contributed by atoms with van der Waals surface area (Å²) < 4.78 is 2.01. The van der Waals surface area contributed by atoms with Gasteiger partial charge in [0.25, 0.3) is 0 Å². The predicted molar refractivity (Wildman–Crippen MR) is 138 cm³/mol. The second-order valence-electron chi connectivity index (χ2n) is 8.06. The number of hydrogen-bond donors (Lipinski definition) is 5. The average molecular weight is 529 g/mol. The molecule has 1 atom stereocenters. The van der Waals surface area contributed by atoms with E-state index in [0.717, 1.165) is 25.2 Å². The van der Waals surface area contributed by atoms with Crippen molar-refractivity contribution in [2.24, 2.45) is 0 Å². The third-order valence-corrected chi connectivity index (χ3v) is 5.17. The lowest BCUT2D eigenvalue weighted by molar-refractivity contribution is -0.159. The van der Waals surface area contributed by atoms with E-state index in [0.29, 0.717) is 6.04 Å². The van der Waals surface area contributed by atoms with Gasteiger partial charge in [0.05, 0.1) is 6.33 Å². The quantitative estimate of drug-likeness (QED) is 0.270. The minimum Gasteiger partial charge on any atom is -0.473 e. The Hall–Kier alpha value is -4.55. The number of nitrogens with one attached hydrogen (secondary N) is 1. The lowest BCUT2D eigenvalue weighted by Gasteiger charge is -2.25. The predicted octanol–water partition coefficient (Wildman–Crippen LogP) is 2.14. The molecular weight excluding hydrogens is 496 g/mol. The zero-order valence-electron chi connectivity index (χ0n) is 21.3. The molecule has 1 aromatic heterocycles. The lowest BCUT2D eigenvalue weighted by atomic mass is 10.0. The van der Waals surface area contributed by atoms with Crippen molar-refractivity contribution in [2.45, 2.75) is 25.9 Å². The summed E-state index contributed by atoms with van der Waals surface area (Å²) in [5.74, 6) is -7.30. The zero-order valence-corrected chi connectivity index (χ0v) is 21.3. The van der Waals surface area contributed by atoms with Gasteiger partial charge in [-0.15, -0.1) is 0 Å². The standard InChI is InChI=1S/C22H28N4.2C2H2O4/c1-4-18-5-9-20(10-6-18)22(25(2)3)16-24-15-19-7-11-21(12-8-19)26-14-13-23-17-26;2*3-1(4)2(5)6/h5-14,17,22,24H,4,15-16H2,1-3H3;2*(H,3,4)(H,5,6). The van der Waals surface area contributed by atoms with Crippen LogP contribution in [0.2, 0.25) is 0 Å². The Kier molecular flexibility index (Phi) is 13.5. The van der Waals surface area contributed by atoms with Gasteiger partial charge in [0.2, 0.25) is 0 Å². The lowest BCUT2D eigenvalue weighted by Crippen LogP contribution is -2.30. The van der Waals surface area contributed by atoms with Crippen LogP contribution < -0.4 is 5.32 Å². The van der Waals surface area contributed by atoms with Crippen molar-refractivity contribution in [3.05, 3.63) is 83.9 Å². The molecule has 1 heterocycles. The molecule has 0 saturated carbocycles. The molecule has 1 unspecified atom stereocenters. The van der Waals surface area contributed by atoms with E-state index in [-0.39, 0.29) is 0 Å². The largest absolute Gasteiger partial charge is 0.473 e. The Balaban J connectivity index is 0.000000503. The second-order valence-corrected chi connectivity index (χ2v) is 8.06. The zero-order chi connectivity index (χ0) is 28.7.